The number of aryl methyl sites for hydroxylation is 2. The van der Waals surface area contributed by atoms with Crippen LogP contribution in [0.2, 0.25) is 0 Å². The van der Waals surface area contributed by atoms with Gasteiger partial charge in [0.15, 0.2) is 0 Å². The molecule has 0 saturated carbocycles. The van der Waals surface area contributed by atoms with E-state index in [9.17, 15) is 4.79 Å². The van der Waals surface area contributed by atoms with Crippen molar-refractivity contribution in [2.24, 2.45) is 0 Å². The summed E-state index contributed by atoms with van der Waals surface area (Å²) in [4.78, 5) is 18.6. The van der Waals surface area contributed by atoms with E-state index in [1.807, 2.05) is 39.1 Å². The lowest BCUT2D eigenvalue weighted by atomic mass is 9.88. The number of carbonyl (C=O) groups is 1. The highest BCUT2D eigenvalue weighted by molar-refractivity contribution is 5.85. The van der Waals surface area contributed by atoms with Crippen molar-refractivity contribution in [3.63, 3.8) is 0 Å². The summed E-state index contributed by atoms with van der Waals surface area (Å²) in [5, 5.41) is 0. The van der Waals surface area contributed by atoms with Gasteiger partial charge in [0.25, 0.3) is 0 Å². The Morgan fingerprint density at radius 2 is 1.83 bits per heavy atom. The number of ether oxygens (including phenoxy) is 1. The molecule has 1 aliphatic carbocycles. The lowest BCUT2D eigenvalue weighted by molar-refractivity contribution is 0.104. The van der Waals surface area contributed by atoms with Crippen molar-refractivity contribution in [1.82, 2.24) is 9.88 Å². The molecule has 0 atom stereocenters. The summed E-state index contributed by atoms with van der Waals surface area (Å²) in [6, 6.07) is 10.4. The molecule has 2 aliphatic rings. The minimum absolute atomic E-state index is 0.214. The van der Waals surface area contributed by atoms with E-state index in [1.54, 1.807) is 4.90 Å². The molecule has 1 aliphatic heterocycles. The average Bonchev–Trinajstić information content (AvgIpc) is 2.92. The third-order valence-corrected chi connectivity index (χ3v) is 5.44. The first-order valence-corrected chi connectivity index (χ1v) is 10.6. The van der Waals surface area contributed by atoms with E-state index < -0.39 is 0 Å². The summed E-state index contributed by atoms with van der Waals surface area (Å²) >= 11 is 0. The minimum Gasteiger partial charge on any atom is -0.450 e. The molecule has 0 bridgehead atoms. The number of hydrogen-bond donors (Lipinski definition) is 1. The van der Waals surface area contributed by atoms with Crippen molar-refractivity contribution in [1.29, 1.82) is 0 Å². The van der Waals surface area contributed by atoms with Crippen LogP contribution in [0, 0.1) is 0 Å². The number of pyridine rings is 1. The van der Waals surface area contributed by atoms with Gasteiger partial charge >= 0.3 is 6.09 Å². The van der Waals surface area contributed by atoms with E-state index in [0.717, 1.165) is 37.1 Å². The summed E-state index contributed by atoms with van der Waals surface area (Å²) in [6.45, 7) is 7.62. The van der Waals surface area contributed by atoms with Crippen molar-refractivity contribution in [2.45, 2.75) is 46.5 Å². The third-order valence-electron chi connectivity index (χ3n) is 5.44. The van der Waals surface area contributed by atoms with E-state index in [1.165, 1.54) is 27.8 Å². The number of benzene rings is 1. The third kappa shape index (κ3) is 4.44. The highest BCUT2D eigenvalue weighted by Gasteiger charge is 2.26. The fourth-order valence-corrected chi connectivity index (χ4v) is 4.11. The number of piperidine rings is 1. The molecule has 154 valence electrons. The van der Waals surface area contributed by atoms with Crippen molar-refractivity contribution < 1.29 is 9.53 Å². The Labute approximate surface area is 173 Å². The van der Waals surface area contributed by atoms with Crippen LogP contribution >= 0.6 is 0 Å². The fraction of sp³-hybridized carbons (Fsp3) is 0.417. The van der Waals surface area contributed by atoms with Crippen LogP contribution in [0.5, 0.6) is 0 Å². The van der Waals surface area contributed by atoms with Gasteiger partial charge in [-0.05, 0) is 67.5 Å². The van der Waals surface area contributed by atoms with Crippen molar-refractivity contribution >= 4 is 17.4 Å². The highest BCUT2D eigenvalue weighted by Crippen LogP contribution is 2.38. The summed E-state index contributed by atoms with van der Waals surface area (Å²) < 4.78 is 5.15. The normalized spacial score (nSPS) is 15.5. The van der Waals surface area contributed by atoms with Gasteiger partial charge in [0.05, 0.1) is 12.3 Å². The number of nitrogens with zero attached hydrogens (tertiary/aromatic N) is 2. The zero-order valence-electron chi connectivity index (χ0n) is 17.7. The Balaban J connectivity index is 0.00000117. The van der Waals surface area contributed by atoms with Gasteiger partial charge in [0.1, 0.15) is 0 Å². The van der Waals surface area contributed by atoms with E-state index in [-0.39, 0.29) is 6.09 Å². The smallest absolute Gasteiger partial charge is 0.409 e. The predicted octanol–water partition coefficient (Wildman–Crippen LogP) is 4.84. The summed E-state index contributed by atoms with van der Waals surface area (Å²) in [5.41, 5.74) is 14.3. The molecule has 2 heterocycles. The largest absolute Gasteiger partial charge is 0.450 e. The molecule has 0 unspecified atom stereocenters. The van der Waals surface area contributed by atoms with Gasteiger partial charge in [0, 0.05) is 30.5 Å². The van der Waals surface area contributed by atoms with Crippen LogP contribution in [0.25, 0.3) is 5.57 Å². The van der Waals surface area contributed by atoms with Crippen LogP contribution in [-0.4, -0.2) is 35.7 Å². The molecule has 1 aromatic heterocycles. The van der Waals surface area contributed by atoms with Gasteiger partial charge < -0.3 is 15.4 Å². The van der Waals surface area contributed by atoms with Crippen LogP contribution in [0.4, 0.5) is 10.5 Å². The first-order chi connectivity index (χ1) is 14.2. The molecule has 1 aromatic carbocycles. The topological polar surface area (TPSA) is 68.5 Å². The minimum atomic E-state index is -0.214. The zero-order chi connectivity index (χ0) is 20.8. The van der Waals surface area contributed by atoms with Crippen LogP contribution in [0.3, 0.4) is 0 Å². The number of carbonyl (C=O) groups excluding carboxylic acids is 1. The molecular weight excluding hydrogens is 362 g/mol. The molecule has 1 amide bonds. The van der Waals surface area contributed by atoms with E-state index in [0.29, 0.717) is 19.7 Å². The molecule has 1 saturated heterocycles. The Kier molecular flexibility index (Phi) is 6.91. The van der Waals surface area contributed by atoms with Crippen LogP contribution < -0.4 is 5.73 Å². The maximum absolute atomic E-state index is 12.0. The Hall–Kier alpha value is -2.82. The van der Waals surface area contributed by atoms with Crippen molar-refractivity contribution in [3.8, 4) is 0 Å². The molecule has 2 N–H and O–H groups in total. The SMILES string of the molecule is CC.CCOC(=O)N1CCC(=C2c3ccc(N)cc3CCc3cccnc32)CC1. The maximum Gasteiger partial charge on any atom is 0.409 e. The molecule has 29 heavy (non-hydrogen) atoms. The molecule has 0 radical (unpaired) electrons. The number of likely N-dealkylation sites (tertiary alicyclic amines) is 1. The van der Waals surface area contributed by atoms with Gasteiger partial charge in [-0.15, -0.1) is 0 Å². The second-order valence-corrected chi connectivity index (χ2v) is 7.09. The standard InChI is InChI=1S/C22H25N3O2.C2H6/c1-2-27-22(26)25-12-9-15(10-13-25)20-19-8-7-18(23)14-17(19)6-5-16-4-3-11-24-21(16)20;1-2/h3-4,7-8,11,14H,2,5-6,9-10,12-13,23H2,1H3;1-2H3. The predicted molar refractivity (Wildman–Crippen MR) is 118 cm³/mol. The first kappa shape index (κ1) is 20.9. The summed E-state index contributed by atoms with van der Waals surface area (Å²) in [5.74, 6) is 0. The van der Waals surface area contributed by atoms with Gasteiger partial charge in [-0.3, -0.25) is 4.98 Å². The molecular formula is C24H31N3O2. The van der Waals surface area contributed by atoms with Gasteiger partial charge in [0.2, 0.25) is 0 Å². The number of anilines is 1. The van der Waals surface area contributed by atoms with Gasteiger partial charge in [-0.25, -0.2) is 4.79 Å². The lowest BCUT2D eigenvalue weighted by Gasteiger charge is -2.29. The second kappa shape index (κ2) is 9.59. The molecule has 0 spiro atoms. The summed E-state index contributed by atoms with van der Waals surface area (Å²) in [7, 11) is 0. The van der Waals surface area contributed by atoms with E-state index in [4.69, 9.17) is 15.5 Å². The number of nitrogens with two attached hydrogens (primary N) is 1. The number of hydrogen-bond acceptors (Lipinski definition) is 4. The Morgan fingerprint density at radius 1 is 1.10 bits per heavy atom. The molecule has 5 heteroatoms. The Morgan fingerprint density at radius 3 is 2.55 bits per heavy atom. The average molecular weight is 394 g/mol. The number of fused-ring (bicyclic) bond motifs is 2. The van der Waals surface area contributed by atoms with Crippen LogP contribution in [0.1, 0.15) is 56.0 Å². The number of nitrogen functional groups attached to an aromatic ring is 1. The molecule has 2 aromatic rings. The second-order valence-electron chi connectivity index (χ2n) is 7.09. The van der Waals surface area contributed by atoms with Crippen LogP contribution in [0.15, 0.2) is 42.1 Å². The molecule has 4 rings (SSSR count). The maximum atomic E-state index is 12.0. The van der Waals surface area contributed by atoms with E-state index >= 15 is 0 Å². The number of rotatable bonds is 1. The fourth-order valence-electron chi connectivity index (χ4n) is 4.11. The van der Waals surface area contributed by atoms with Crippen molar-refractivity contribution in [2.75, 3.05) is 25.4 Å². The highest BCUT2D eigenvalue weighted by atomic mass is 16.6. The first-order valence-electron chi connectivity index (χ1n) is 10.6. The van der Waals surface area contributed by atoms with Crippen molar-refractivity contribution in [3.05, 3.63) is 64.5 Å². The zero-order valence-corrected chi connectivity index (χ0v) is 17.7. The molecule has 5 nitrogen and oxygen atoms in total. The quantitative estimate of drug-likeness (QED) is 0.704. The van der Waals surface area contributed by atoms with E-state index in [2.05, 4.69) is 18.2 Å². The van der Waals surface area contributed by atoms with Gasteiger partial charge in [-0.1, -0.05) is 31.6 Å². The number of aromatic nitrogens is 1. The monoisotopic (exact) mass is 393 g/mol. The number of amides is 1. The lowest BCUT2D eigenvalue weighted by Crippen LogP contribution is -2.37. The van der Waals surface area contributed by atoms with Gasteiger partial charge in [-0.2, -0.15) is 0 Å². The summed E-state index contributed by atoms with van der Waals surface area (Å²) in [6.07, 6.45) is 5.27. The Bertz CT molecular complexity index is 895. The molecule has 1 fully saturated rings. The van der Waals surface area contributed by atoms with Crippen LogP contribution in [-0.2, 0) is 17.6 Å².